The van der Waals surface area contributed by atoms with Crippen molar-refractivity contribution in [2.24, 2.45) is 4.52 Å². The minimum absolute atomic E-state index is 1.03. The quantitative estimate of drug-likeness (QED) is 0.365. The van der Waals surface area contributed by atoms with E-state index in [1.54, 1.807) is 0 Å². The molecule has 1 rings (SSSR count). The first kappa shape index (κ1) is 14.6. The topological polar surface area (TPSA) is 18.8 Å². The van der Waals surface area contributed by atoms with Gasteiger partial charge in [0.05, 0.1) is 0 Å². The van der Waals surface area contributed by atoms with Gasteiger partial charge in [0.15, 0.2) is 0 Å². The van der Waals surface area contributed by atoms with E-state index in [9.17, 15) is 0 Å². The Morgan fingerprint density at radius 1 is 1.43 bits per heavy atom. The molecule has 3 nitrogen and oxygen atoms in total. The molecule has 0 radical (unpaired) electrons. The molecule has 1 aliphatic rings. The largest absolute Gasteiger partial charge is 0.324 e. The highest BCUT2D eigenvalue weighted by molar-refractivity contribution is 8.22. The van der Waals surface area contributed by atoms with E-state index in [2.05, 4.69) is 11.1 Å². The summed E-state index contributed by atoms with van der Waals surface area (Å²) in [7, 11) is -1.56. The molecule has 0 aliphatic carbocycles. The van der Waals surface area contributed by atoms with Crippen molar-refractivity contribution in [2.75, 3.05) is 0 Å². The fourth-order valence-electron chi connectivity index (χ4n) is 0.605. The van der Waals surface area contributed by atoms with E-state index in [-0.39, 0.29) is 0 Å². The Hall–Kier alpha value is 2.49. The normalized spacial score (nSPS) is 39.1. The van der Waals surface area contributed by atoms with Gasteiger partial charge in [-0.3, -0.25) is 0 Å². The molecule has 0 saturated carbocycles. The molecule has 1 heterocycles. The summed E-state index contributed by atoms with van der Waals surface area (Å²) in [6.45, 7) is 0.851. The smallest absolute Gasteiger partial charge is 0.196 e. The number of hydrogen-bond donors (Lipinski definition) is 0. The third kappa shape index (κ3) is 2.50. The molecule has 82 valence electrons. The molecule has 0 spiro atoms. The third-order valence-corrected chi connectivity index (χ3v) is 17.4. The zero-order valence-corrected chi connectivity index (χ0v) is 13.5. The van der Waals surface area contributed by atoms with Gasteiger partial charge >= 0.3 is 6.92 Å². The second-order valence-corrected chi connectivity index (χ2v) is 15.2. The van der Waals surface area contributed by atoms with Crippen molar-refractivity contribution in [1.29, 1.82) is 0 Å². The Kier molecular flexibility index (Phi) is 5.20. The molecule has 0 N–H and O–H groups in total. The highest BCUT2D eigenvalue weighted by Crippen LogP contribution is 2.94. The first-order valence-corrected chi connectivity index (χ1v) is 11.9. The lowest BCUT2D eigenvalue weighted by molar-refractivity contribution is 1.03. The number of rotatable bonds is 1. The van der Waals surface area contributed by atoms with Crippen LogP contribution in [0.1, 0.15) is 0 Å². The fourth-order valence-corrected chi connectivity index (χ4v) is 15.6. The molecule has 0 amide bonds. The maximum atomic E-state index is 6.15. The van der Waals surface area contributed by atoms with Crippen LogP contribution >= 0.6 is 88.9 Å². The van der Waals surface area contributed by atoms with Gasteiger partial charge in [0, 0.05) is 31.5 Å². The Labute approximate surface area is 113 Å². The lowest BCUT2D eigenvalue weighted by Gasteiger charge is -2.33. The van der Waals surface area contributed by atoms with Crippen LogP contribution in [0, 0.1) is 0 Å². The van der Waals surface area contributed by atoms with Gasteiger partial charge < -0.3 is 0 Å². The number of halogens is 6. The molecule has 2 atom stereocenters. The standard InChI is InChI=1S/C2H3Cl6N3P3/c1-2-13(6)10(3)12(5)9-14(7,8)11(13)4/h2H,1H2/q+1. The minimum Gasteiger partial charge on any atom is -0.196 e. The van der Waals surface area contributed by atoms with Crippen LogP contribution in [-0.4, -0.2) is 7.92 Å². The van der Waals surface area contributed by atoms with Crippen LogP contribution < -0.4 is 0 Å². The van der Waals surface area contributed by atoms with Crippen LogP contribution in [0.25, 0.3) is 0 Å². The highest BCUT2D eigenvalue weighted by atomic mass is 35.9. The predicted octanol–water partition coefficient (Wildman–Crippen LogP) is 6.95. The molecule has 12 heteroatoms. The predicted molar refractivity (Wildman–Crippen MR) is 72.2 cm³/mol. The maximum Gasteiger partial charge on any atom is 0.324 e. The van der Waals surface area contributed by atoms with Crippen molar-refractivity contribution in [3.05, 3.63) is 12.4 Å². The Bertz CT molecular complexity index is 305. The van der Waals surface area contributed by atoms with E-state index in [0.717, 1.165) is 7.92 Å². The third-order valence-electron chi connectivity index (χ3n) is 1.21. The van der Waals surface area contributed by atoms with Crippen molar-refractivity contribution in [3.63, 3.8) is 0 Å². The van der Waals surface area contributed by atoms with E-state index in [1.165, 1.54) is 5.82 Å². The van der Waals surface area contributed by atoms with Gasteiger partial charge in [0.2, 0.25) is 7.58 Å². The minimum atomic E-state index is -2.87. The molecule has 14 heavy (non-hydrogen) atoms. The van der Waals surface area contributed by atoms with Gasteiger partial charge in [-0.25, -0.2) is 0 Å². The Balaban J connectivity index is 3.26. The van der Waals surface area contributed by atoms with E-state index in [4.69, 9.17) is 68.5 Å². The van der Waals surface area contributed by atoms with Gasteiger partial charge in [0.1, 0.15) is 17.1 Å². The average Bonchev–Trinajstić information content (AvgIpc) is 2.11. The molecule has 0 saturated heterocycles. The van der Waals surface area contributed by atoms with Crippen LogP contribution in [-0.2, 0) is 0 Å². The second-order valence-electron chi connectivity index (χ2n) is 2.02. The second kappa shape index (κ2) is 5.01. The molecule has 0 aromatic rings. The molecule has 0 aromatic carbocycles. The monoisotopic (exact) mass is 372 g/mol. The van der Waals surface area contributed by atoms with Crippen LogP contribution in [0.2, 0.25) is 0 Å². The summed E-state index contributed by atoms with van der Waals surface area (Å²) in [4.78, 5) is 0. The molecule has 1 aliphatic heterocycles. The van der Waals surface area contributed by atoms with Crippen molar-refractivity contribution >= 4 is 88.9 Å². The maximum absolute atomic E-state index is 6.15. The number of nitrogens with zero attached hydrogens (tertiary/aromatic N) is 3. The molecular weight excluding hydrogens is 372 g/mol. The first-order chi connectivity index (χ1) is 6.25. The lowest BCUT2D eigenvalue weighted by atomic mass is 11.3. The SMILES string of the molecule is C=C[P+]1(Cl)N(Cl)P(Cl)N=P(Cl)(Cl)N1Cl. The Morgan fingerprint density at radius 2 is 1.93 bits per heavy atom. The average molecular weight is 375 g/mol. The molecule has 0 aromatic heterocycles. The van der Waals surface area contributed by atoms with Crippen LogP contribution in [0.5, 0.6) is 0 Å². The highest BCUT2D eigenvalue weighted by Gasteiger charge is 2.61. The van der Waals surface area contributed by atoms with Crippen LogP contribution in [0.15, 0.2) is 16.9 Å². The van der Waals surface area contributed by atoms with Crippen molar-refractivity contribution < 1.29 is 0 Å². The summed E-state index contributed by atoms with van der Waals surface area (Å²) in [5, 5.41) is 0. The zero-order chi connectivity index (χ0) is 11.1. The summed E-state index contributed by atoms with van der Waals surface area (Å²) in [5.74, 6) is -1.48. The van der Waals surface area contributed by atoms with Gasteiger partial charge in [-0.05, 0) is 33.7 Å². The molecule has 0 bridgehead atoms. The first-order valence-electron chi connectivity index (χ1n) is 2.88. The number of hydrogen-bond acceptors (Lipinski definition) is 3. The van der Waals surface area contributed by atoms with Gasteiger partial charge in [-0.2, -0.15) is 4.52 Å². The summed E-state index contributed by atoms with van der Waals surface area (Å²) in [6.07, 6.45) is 0. The molecule has 0 fully saturated rings. The van der Waals surface area contributed by atoms with Gasteiger partial charge in [-0.1, -0.05) is 6.58 Å². The summed E-state index contributed by atoms with van der Waals surface area (Å²) >= 11 is 35.5. The Morgan fingerprint density at radius 3 is 2.36 bits per heavy atom. The van der Waals surface area contributed by atoms with E-state index in [0.29, 0.717) is 0 Å². The molecular formula is C2H3Cl6N3P3+. The van der Waals surface area contributed by atoms with Crippen molar-refractivity contribution in [1.82, 2.24) is 7.92 Å². The summed E-state index contributed by atoms with van der Waals surface area (Å²) in [5.41, 5.74) is 0. The van der Waals surface area contributed by atoms with Gasteiger partial charge in [0.25, 0.3) is 5.91 Å². The summed E-state index contributed by atoms with van der Waals surface area (Å²) < 4.78 is 6.04. The molecule has 2 unspecified atom stereocenters. The zero-order valence-electron chi connectivity index (χ0n) is 6.24. The van der Waals surface area contributed by atoms with E-state index in [1.807, 2.05) is 0 Å². The lowest BCUT2D eigenvalue weighted by Crippen LogP contribution is -2.14. The van der Waals surface area contributed by atoms with Crippen molar-refractivity contribution in [2.45, 2.75) is 0 Å². The van der Waals surface area contributed by atoms with Crippen LogP contribution in [0.3, 0.4) is 0 Å². The summed E-state index contributed by atoms with van der Waals surface area (Å²) in [6, 6.07) is 0. The fraction of sp³-hybridized carbons (Fsp3) is 0. The van der Waals surface area contributed by atoms with E-state index < -0.39 is 20.4 Å². The van der Waals surface area contributed by atoms with Crippen LogP contribution in [0.4, 0.5) is 0 Å². The van der Waals surface area contributed by atoms with Crippen molar-refractivity contribution in [3.8, 4) is 0 Å². The van der Waals surface area contributed by atoms with Gasteiger partial charge in [-0.15, -0.1) is 0 Å². The van der Waals surface area contributed by atoms with E-state index >= 15 is 0 Å².